The number of pyridine rings is 1. The summed E-state index contributed by atoms with van der Waals surface area (Å²) in [5, 5.41) is 19.4. The number of hydrogen-bond acceptors (Lipinski definition) is 4. The second kappa shape index (κ2) is 8.47. The van der Waals surface area contributed by atoms with E-state index in [4.69, 9.17) is 11.6 Å². The summed E-state index contributed by atoms with van der Waals surface area (Å²) in [5.74, 6) is -0.954. The first-order valence-electron chi connectivity index (χ1n) is 8.56. The molecular weight excluding hydrogens is 392 g/mol. The van der Waals surface area contributed by atoms with Crippen LogP contribution in [0.1, 0.15) is 18.1 Å². The minimum absolute atomic E-state index is 0.358. The monoisotopic (exact) mass is 408 g/mol. The van der Waals surface area contributed by atoms with Gasteiger partial charge in [0.05, 0.1) is 11.3 Å². The zero-order valence-electron chi connectivity index (χ0n) is 15.3. The lowest BCUT2D eigenvalue weighted by molar-refractivity contribution is -0.136. The van der Waals surface area contributed by atoms with E-state index in [0.717, 1.165) is 28.5 Å². The Hall–Kier alpha value is -2.81. The summed E-state index contributed by atoms with van der Waals surface area (Å²) in [6.45, 7) is 3.58. The van der Waals surface area contributed by atoms with Gasteiger partial charge in [-0.3, -0.25) is 4.79 Å². The molecule has 1 unspecified atom stereocenters. The van der Waals surface area contributed by atoms with Crippen molar-refractivity contribution in [1.82, 2.24) is 4.98 Å². The van der Waals surface area contributed by atoms with Crippen LogP contribution in [0.25, 0.3) is 22.4 Å². The van der Waals surface area contributed by atoms with Crippen molar-refractivity contribution in [1.29, 1.82) is 5.26 Å². The van der Waals surface area contributed by atoms with Crippen molar-refractivity contribution < 1.29 is 9.90 Å². The van der Waals surface area contributed by atoms with E-state index in [1.54, 1.807) is 19.1 Å². The Bertz CT molecular complexity index is 1060. The highest BCUT2D eigenvalue weighted by atomic mass is 35.5. The SMILES string of the molecule is Cc1ccc(-c2cc(-c3ccc(Cl)cc3)c(C#N)c(SC(C)C(=O)O)n2)cc1. The van der Waals surface area contributed by atoms with Crippen molar-refractivity contribution in [2.24, 2.45) is 0 Å². The maximum atomic E-state index is 11.3. The van der Waals surface area contributed by atoms with Crippen LogP contribution in [0.3, 0.4) is 0 Å². The molecule has 2 aromatic carbocycles. The molecule has 0 fully saturated rings. The number of benzene rings is 2. The standard InChI is InChI=1S/C22H17ClN2O2S/c1-13-3-5-16(6-4-13)20-11-18(15-7-9-17(23)10-8-15)19(12-24)21(25-20)28-14(2)22(26)27/h3-11,14H,1-2H3,(H,26,27). The van der Waals surface area contributed by atoms with Gasteiger partial charge in [0.25, 0.3) is 0 Å². The lowest BCUT2D eigenvalue weighted by Crippen LogP contribution is -2.12. The molecule has 6 heteroatoms. The van der Waals surface area contributed by atoms with E-state index in [-0.39, 0.29) is 0 Å². The van der Waals surface area contributed by atoms with E-state index >= 15 is 0 Å². The molecule has 28 heavy (non-hydrogen) atoms. The maximum Gasteiger partial charge on any atom is 0.316 e. The Morgan fingerprint density at radius 1 is 1.14 bits per heavy atom. The van der Waals surface area contributed by atoms with Crippen LogP contribution in [0, 0.1) is 18.3 Å². The third-order valence-corrected chi connectivity index (χ3v) is 5.56. The van der Waals surface area contributed by atoms with E-state index in [2.05, 4.69) is 11.1 Å². The Morgan fingerprint density at radius 2 is 1.75 bits per heavy atom. The van der Waals surface area contributed by atoms with Gasteiger partial charge in [-0.25, -0.2) is 4.98 Å². The fraction of sp³-hybridized carbons (Fsp3) is 0.136. The van der Waals surface area contributed by atoms with Gasteiger partial charge >= 0.3 is 5.97 Å². The second-order valence-corrected chi connectivity index (χ2v) is 8.08. The van der Waals surface area contributed by atoms with Crippen molar-refractivity contribution >= 4 is 29.3 Å². The van der Waals surface area contributed by atoms with Crippen molar-refractivity contribution in [3.05, 3.63) is 70.7 Å². The molecule has 0 amide bonds. The normalized spacial score (nSPS) is 11.6. The number of rotatable bonds is 5. The molecule has 4 nitrogen and oxygen atoms in total. The summed E-state index contributed by atoms with van der Waals surface area (Å²) < 4.78 is 0. The first-order chi connectivity index (χ1) is 13.4. The van der Waals surface area contributed by atoms with E-state index in [9.17, 15) is 15.2 Å². The third kappa shape index (κ3) is 4.36. The van der Waals surface area contributed by atoms with Gasteiger partial charge < -0.3 is 5.11 Å². The number of nitriles is 1. The van der Waals surface area contributed by atoms with Crippen molar-refractivity contribution in [3.63, 3.8) is 0 Å². The first-order valence-corrected chi connectivity index (χ1v) is 9.82. The number of carboxylic acids is 1. The van der Waals surface area contributed by atoms with E-state index < -0.39 is 11.2 Å². The zero-order chi connectivity index (χ0) is 20.3. The van der Waals surface area contributed by atoms with Crippen LogP contribution in [0.15, 0.2) is 59.6 Å². The Balaban J connectivity index is 2.22. The Kier molecular flexibility index (Phi) is 6.03. The number of hydrogen-bond donors (Lipinski definition) is 1. The Labute approximate surface area is 172 Å². The molecule has 0 aliphatic rings. The largest absolute Gasteiger partial charge is 0.480 e. The molecule has 0 aliphatic carbocycles. The molecule has 1 aromatic heterocycles. The van der Waals surface area contributed by atoms with Crippen LogP contribution in [0.4, 0.5) is 0 Å². The molecule has 1 N–H and O–H groups in total. The molecule has 0 aliphatic heterocycles. The molecular formula is C22H17ClN2O2S. The summed E-state index contributed by atoms with van der Waals surface area (Å²) in [4.78, 5) is 16.0. The first kappa shape index (κ1) is 19.9. The van der Waals surface area contributed by atoms with Gasteiger partial charge in [0, 0.05) is 16.1 Å². The van der Waals surface area contributed by atoms with Crippen molar-refractivity contribution in [2.75, 3.05) is 0 Å². The van der Waals surface area contributed by atoms with Gasteiger partial charge in [0.1, 0.15) is 16.3 Å². The van der Waals surface area contributed by atoms with Crippen LogP contribution in [0.5, 0.6) is 0 Å². The smallest absolute Gasteiger partial charge is 0.316 e. The predicted molar refractivity (Wildman–Crippen MR) is 113 cm³/mol. The highest BCUT2D eigenvalue weighted by molar-refractivity contribution is 8.00. The van der Waals surface area contributed by atoms with Crippen LogP contribution in [-0.4, -0.2) is 21.3 Å². The molecule has 3 rings (SSSR count). The summed E-state index contributed by atoms with van der Waals surface area (Å²) in [6, 6.07) is 19.2. The van der Waals surface area contributed by atoms with Gasteiger partial charge in [-0.1, -0.05) is 65.3 Å². The molecule has 0 saturated heterocycles. The van der Waals surface area contributed by atoms with Crippen LogP contribution in [0.2, 0.25) is 5.02 Å². The molecule has 1 atom stereocenters. The molecule has 140 valence electrons. The molecule has 0 radical (unpaired) electrons. The fourth-order valence-corrected chi connectivity index (χ4v) is 3.65. The average Bonchev–Trinajstić information content (AvgIpc) is 2.68. The lowest BCUT2D eigenvalue weighted by atomic mass is 9.99. The number of halogens is 1. The zero-order valence-corrected chi connectivity index (χ0v) is 16.9. The number of carboxylic acid groups (broad SMARTS) is 1. The van der Waals surface area contributed by atoms with Crippen LogP contribution >= 0.6 is 23.4 Å². The van der Waals surface area contributed by atoms with E-state index in [0.29, 0.717) is 26.9 Å². The number of aryl methyl sites for hydroxylation is 1. The fourth-order valence-electron chi connectivity index (χ4n) is 2.66. The number of carbonyl (C=O) groups is 1. The van der Waals surface area contributed by atoms with Crippen LogP contribution in [-0.2, 0) is 4.79 Å². The number of aromatic nitrogens is 1. The highest BCUT2D eigenvalue weighted by Gasteiger charge is 2.20. The second-order valence-electron chi connectivity index (χ2n) is 6.32. The van der Waals surface area contributed by atoms with Gasteiger partial charge in [0.15, 0.2) is 0 Å². The summed E-state index contributed by atoms with van der Waals surface area (Å²) in [5.41, 5.74) is 4.59. The lowest BCUT2D eigenvalue weighted by Gasteiger charge is -2.14. The van der Waals surface area contributed by atoms with Crippen molar-refractivity contribution in [2.45, 2.75) is 24.1 Å². The van der Waals surface area contributed by atoms with Crippen molar-refractivity contribution in [3.8, 4) is 28.5 Å². The molecule has 1 heterocycles. The van der Waals surface area contributed by atoms with Gasteiger partial charge in [-0.15, -0.1) is 0 Å². The van der Waals surface area contributed by atoms with E-state index in [1.165, 1.54) is 0 Å². The number of aliphatic carboxylic acids is 1. The topological polar surface area (TPSA) is 74.0 Å². The number of thioether (sulfide) groups is 1. The molecule has 0 spiro atoms. The van der Waals surface area contributed by atoms with Crippen LogP contribution < -0.4 is 0 Å². The van der Waals surface area contributed by atoms with E-state index in [1.807, 2.05) is 49.4 Å². The summed E-state index contributed by atoms with van der Waals surface area (Å²) in [7, 11) is 0. The molecule has 3 aromatic rings. The van der Waals surface area contributed by atoms with Gasteiger partial charge in [-0.2, -0.15) is 5.26 Å². The average molecular weight is 409 g/mol. The minimum atomic E-state index is -0.954. The summed E-state index contributed by atoms with van der Waals surface area (Å²) >= 11 is 7.07. The quantitative estimate of drug-likeness (QED) is 0.539. The number of nitrogens with zero attached hydrogens (tertiary/aromatic N) is 2. The molecule has 0 saturated carbocycles. The Morgan fingerprint density at radius 3 is 2.32 bits per heavy atom. The van der Waals surface area contributed by atoms with Gasteiger partial charge in [0.2, 0.25) is 0 Å². The highest BCUT2D eigenvalue weighted by Crippen LogP contribution is 2.36. The summed E-state index contributed by atoms with van der Waals surface area (Å²) in [6.07, 6.45) is 0. The van der Waals surface area contributed by atoms with Gasteiger partial charge in [-0.05, 0) is 37.6 Å². The predicted octanol–water partition coefficient (Wildman–Crippen LogP) is 5.81. The minimum Gasteiger partial charge on any atom is -0.480 e. The maximum absolute atomic E-state index is 11.3. The molecule has 0 bridgehead atoms. The third-order valence-electron chi connectivity index (χ3n) is 4.24.